The Kier molecular flexibility index (Phi) is 7.64. The fraction of sp³-hybridized carbons (Fsp3) is 0.476. The average molecular weight is 345 g/mol. The number of benzene rings is 1. The minimum atomic E-state index is -0.687. The molecule has 24 heavy (non-hydrogen) atoms. The van der Waals surface area contributed by atoms with Gasteiger partial charge < -0.3 is 5.11 Å². The Balaban J connectivity index is 1.77. The van der Waals surface area contributed by atoms with Crippen molar-refractivity contribution in [3.05, 3.63) is 54.6 Å². The van der Waals surface area contributed by atoms with Crippen molar-refractivity contribution in [3.8, 4) is 0 Å². The second-order valence-electron chi connectivity index (χ2n) is 6.68. The molecule has 1 saturated carbocycles. The predicted molar refractivity (Wildman–Crippen MR) is 102 cm³/mol. The van der Waals surface area contributed by atoms with Crippen molar-refractivity contribution in [3.63, 3.8) is 0 Å². The van der Waals surface area contributed by atoms with E-state index in [2.05, 4.69) is 37.4 Å². The number of carboxylic acid groups (broad SMARTS) is 1. The van der Waals surface area contributed by atoms with Crippen molar-refractivity contribution >= 4 is 17.7 Å². The Morgan fingerprint density at radius 2 is 1.71 bits per heavy atom. The first-order valence-electron chi connectivity index (χ1n) is 8.83. The molecule has 1 aliphatic rings. The lowest BCUT2D eigenvalue weighted by Crippen LogP contribution is -2.13. The van der Waals surface area contributed by atoms with E-state index < -0.39 is 5.97 Å². The van der Waals surface area contributed by atoms with Crippen molar-refractivity contribution in [1.82, 2.24) is 0 Å². The van der Waals surface area contributed by atoms with Gasteiger partial charge in [-0.25, -0.2) is 0 Å². The van der Waals surface area contributed by atoms with E-state index in [0.717, 1.165) is 44.3 Å². The Morgan fingerprint density at radius 1 is 1.04 bits per heavy atom. The summed E-state index contributed by atoms with van der Waals surface area (Å²) in [6.45, 7) is 8.57. The molecule has 1 fully saturated rings. The van der Waals surface area contributed by atoms with Gasteiger partial charge in [0.15, 0.2) is 0 Å². The molecule has 130 valence electrons. The third kappa shape index (κ3) is 5.86. The molecule has 0 heterocycles. The van der Waals surface area contributed by atoms with E-state index >= 15 is 0 Å². The standard InChI is InChI=1S/C21H28O2S/c1-16-14-17(2)20(15-24-18-10-6-5-7-11-18)19(16)12-8-3-4-9-13-21(22)23/h5-7,10-11,19-20H,1-4,8-9,12-15H2,(H,22,23). The highest BCUT2D eigenvalue weighted by molar-refractivity contribution is 7.99. The van der Waals surface area contributed by atoms with Gasteiger partial charge in [-0.15, -0.1) is 11.8 Å². The average Bonchev–Trinajstić information content (AvgIpc) is 2.83. The third-order valence-corrected chi connectivity index (χ3v) is 5.95. The maximum atomic E-state index is 10.5. The van der Waals surface area contributed by atoms with Crippen LogP contribution in [0.4, 0.5) is 0 Å². The lowest BCUT2D eigenvalue weighted by atomic mass is 9.89. The topological polar surface area (TPSA) is 37.3 Å². The zero-order valence-corrected chi connectivity index (χ0v) is 15.2. The number of thioether (sulfide) groups is 1. The summed E-state index contributed by atoms with van der Waals surface area (Å²) >= 11 is 1.91. The maximum absolute atomic E-state index is 10.5. The lowest BCUT2D eigenvalue weighted by molar-refractivity contribution is -0.137. The van der Waals surface area contributed by atoms with Gasteiger partial charge >= 0.3 is 5.97 Å². The van der Waals surface area contributed by atoms with Gasteiger partial charge in [0.25, 0.3) is 0 Å². The van der Waals surface area contributed by atoms with Gasteiger partial charge in [-0.1, -0.05) is 61.8 Å². The Labute approximate surface area is 150 Å². The van der Waals surface area contributed by atoms with E-state index in [-0.39, 0.29) is 0 Å². The van der Waals surface area contributed by atoms with Gasteiger partial charge in [0, 0.05) is 17.1 Å². The van der Waals surface area contributed by atoms with E-state index in [9.17, 15) is 4.79 Å². The van der Waals surface area contributed by atoms with Crippen LogP contribution in [0.1, 0.15) is 44.9 Å². The Bertz CT molecular complexity index is 564. The molecule has 0 radical (unpaired) electrons. The van der Waals surface area contributed by atoms with Gasteiger partial charge in [-0.3, -0.25) is 4.79 Å². The first-order valence-corrected chi connectivity index (χ1v) is 9.81. The first-order chi connectivity index (χ1) is 11.6. The molecule has 1 aromatic carbocycles. The van der Waals surface area contributed by atoms with Crippen LogP contribution in [0, 0.1) is 11.8 Å². The monoisotopic (exact) mass is 344 g/mol. The summed E-state index contributed by atoms with van der Waals surface area (Å²) < 4.78 is 0. The lowest BCUT2D eigenvalue weighted by Gasteiger charge is -2.21. The summed E-state index contributed by atoms with van der Waals surface area (Å²) in [6, 6.07) is 10.5. The SMILES string of the molecule is C=C1CC(=C)C(CSc2ccccc2)C1CCCCCCC(=O)O. The van der Waals surface area contributed by atoms with Crippen LogP contribution < -0.4 is 0 Å². The molecule has 1 aromatic rings. The van der Waals surface area contributed by atoms with Gasteiger partial charge in [-0.05, 0) is 43.2 Å². The minimum absolute atomic E-state index is 0.295. The highest BCUT2D eigenvalue weighted by Crippen LogP contribution is 2.44. The molecule has 0 aliphatic heterocycles. The molecular weight excluding hydrogens is 316 g/mol. The molecule has 2 rings (SSSR count). The van der Waals surface area contributed by atoms with Crippen LogP contribution in [0.3, 0.4) is 0 Å². The molecule has 1 N–H and O–H groups in total. The molecule has 3 heteroatoms. The number of rotatable bonds is 10. The Morgan fingerprint density at radius 3 is 2.42 bits per heavy atom. The van der Waals surface area contributed by atoms with Crippen LogP contribution in [0.15, 0.2) is 59.5 Å². The second kappa shape index (κ2) is 9.73. The van der Waals surface area contributed by atoms with E-state index in [1.54, 1.807) is 0 Å². The second-order valence-corrected chi connectivity index (χ2v) is 7.77. The summed E-state index contributed by atoms with van der Waals surface area (Å²) in [5, 5.41) is 8.67. The van der Waals surface area contributed by atoms with E-state index in [0.29, 0.717) is 18.3 Å². The highest BCUT2D eigenvalue weighted by Gasteiger charge is 2.32. The highest BCUT2D eigenvalue weighted by atomic mass is 32.2. The zero-order chi connectivity index (χ0) is 17.4. The Hall–Kier alpha value is -1.48. The molecule has 1 aliphatic carbocycles. The number of carbonyl (C=O) groups is 1. The van der Waals surface area contributed by atoms with Crippen molar-refractivity contribution in [2.75, 3.05) is 5.75 Å². The molecule has 0 bridgehead atoms. The van der Waals surface area contributed by atoms with Crippen molar-refractivity contribution in [2.45, 2.75) is 49.8 Å². The fourth-order valence-corrected chi connectivity index (χ4v) is 4.65. The smallest absolute Gasteiger partial charge is 0.303 e. The number of unbranched alkanes of at least 4 members (excludes halogenated alkanes) is 3. The summed E-state index contributed by atoms with van der Waals surface area (Å²) in [5.41, 5.74) is 2.67. The summed E-state index contributed by atoms with van der Waals surface area (Å²) in [6.07, 6.45) is 6.50. The van der Waals surface area contributed by atoms with Crippen molar-refractivity contribution < 1.29 is 9.90 Å². The number of allylic oxidation sites excluding steroid dienone is 2. The molecular formula is C21H28O2S. The number of hydrogen-bond donors (Lipinski definition) is 1. The fourth-order valence-electron chi connectivity index (χ4n) is 3.46. The normalized spacial score (nSPS) is 20.5. The quantitative estimate of drug-likeness (QED) is 0.323. The van der Waals surface area contributed by atoms with Crippen LogP contribution in [0.5, 0.6) is 0 Å². The van der Waals surface area contributed by atoms with Crippen LogP contribution in [0.25, 0.3) is 0 Å². The number of carboxylic acids is 1. The molecule has 0 saturated heterocycles. The number of hydrogen-bond acceptors (Lipinski definition) is 2. The van der Waals surface area contributed by atoms with Crippen LogP contribution in [-0.4, -0.2) is 16.8 Å². The molecule has 2 unspecified atom stereocenters. The van der Waals surface area contributed by atoms with Crippen LogP contribution >= 0.6 is 11.8 Å². The predicted octanol–water partition coefficient (Wildman–Crippen LogP) is 5.95. The summed E-state index contributed by atoms with van der Waals surface area (Å²) in [7, 11) is 0. The summed E-state index contributed by atoms with van der Waals surface area (Å²) in [5.74, 6) is 1.47. The minimum Gasteiger partial charge on any atom is -0.481 e. The summed E-state index contributed by atoms with van der Waals surface area (Å²) in [4.78, 5) is 11.8. The van der Waals surface area contributed by atoms with Gasteiger partial charge in [0.2, 0.25) is 0 Å². The maximum Gasteiger partial charge on any atom is 0.303 e. The molecule has 2 atom stereocenters. The largest absolute Gasteiger partial charge is 0.481 e. The third-order valence-electron chi connectivity index (χ3n) is 4.82. The van der Waals surface area contributed by atoms with Crippen molar-refractivity contribution in [1.29, 1.82) is 0 Å². The van der Waals surface area contributed by atoms with Crippen LogP contribution in [0.2, 0.25) is 0 Å². The van der Waals surface area contributed by atoms with Crippen LogP contribution in [-0.2, 0) is 4.79 Å². The van der Waals surface area contributed by atoms with E-state index in [1.165, 1.54) is 16.0 Å². The molecule has 0 aromatic heterocycles. The molecule has 2 nitrogen and oxygen atoms in total. The van der Waals surface area contributed by atoms with Gasteiger partial charge in [0.05, 0.1) is 0 Å². The van der Waals surface area contributed by atoms with Gasteiger partial charge in [-0.2, -0.15) is 0 Å². The zero-order valence-electron chi connectivity index (χ0n) is 14.4. The van der Waals surface area contributed by atoms with Crippen molar-refractivity contribution in [2.24, 2.45) is 11.8 Å². The molecule has 0 amide bonds. The number of aliphatic carboxylic acids is 1. The van der Waals surface area contributed by atoms with E-state index in [4.69, 9.17) is 5.11 Å². The molecule has 0 spiro atoms. The first kappa shape index (κ1) is 18.9. The van der Waals surface area contributed by atoms with E-state index in [1.807, 2.05) is 17.8 Å². The van der Waals surface area contributed by atoms with Gasteiger partial charge in [0.1, 0.15) is 0 Å².